The number of aromatic nitrogens is 3. The van der Waals surface area contributed by atoms with Crippen molar-refractivity contribution >= 4 is 17.5 Å². The summed E-state index contributed by atoms with van der Waals surface area (Å²) < 4.78 is 12.8. The fraction of sp³-hybridized carbons (Fsp3) is 0.292. The van der Waals surface area contributed by atoms with Crippen molar-refractivity contribution in [3.05, 3.63) is 71.2 Å². The standard InChI is InChI=1S/C24H27N5O4/c1-15-21(23(31)26-16-8-5-4-6-9-16)22(18-14-17(32-2)11-12-19(18)33-3)29-24(25-15)27-20(28-29)10-7-13-30/h4-6,8-9,11-12,14,22,30H,7,10,13H2,1-3H3,(H,26,31)(H,25,27,28). The number of rotatable bonds is 8. The minimum Gasteiger partial charge on any atom is -0.497 e. The third kappa shape index (κ3) is 4.54. The highest BCUT2D eigenvalue weighted by atomic mass is 16.5. The maximum absolute atomic E-state index is 13.5. The van der Waals surface area contributed by atoms with Crippen LogP contribution in [0, 0.1) is 0 Å². The van der Waals surface area contributed by atoms with Crippen molar-refractivity contribution < 1.29 is 19.4 Å². The molecule has 0 saturated heterocycles. The third-order valence-electron chi connectivity index (χ3n) is 5.46. The molecule has 1 unspecified atom stereocenters. The molecular formula is C24H27N5O4. The van der Waals surface area contributed by atoms with E-state index in [1.54, 1.807) is 25.0 Å². The van der Waals surface area contributed by atoms with Crippen molar-refractivity contribution in [2.24, 2.45) is 0 Å². The van der Waals surface area contributed by atoms with Crippen molar-refractivity contribution in [3.63, 3.8) is 0 Å². The first-order valence-electron chi connectivity index (χ1n) is 10.7. The number of hydrogen-bond donors (Lipinski definition) is 3. The number of anilines is 2. The van der Waals surface area contributed by atoms with E-state index in [1.165, 1.54) is 0 Å². The Morgan fingerprint density at radius 1 is 1.18 bits per heavy atom. The van der Waals surface area contributed by atoms with Gasteiger partial charge in [0.1, 0.15) is 17.5 Å². The Kier molecular flexibility index (Phi) is 6.60. The van der Waals surface area contributed by atoms with Crippen LogP contribution < -0.4 is 20.1 Å². The number of hydrogen-bond acceptors (Lipinski definition) is 7. The molecule has 1 aliphatic heterocycles. The summed E-state index contributed by atoms with van der Waals surface area (Å²) in [6, 6.07) is 14.1. The molecule has 0 radical (unpaired) electrons. The Labute approximate surface area is 192 Å². The highest BCUT2D eigenvalue weighted by molar-refractivity contribution is 6.06. The van der Waals surface area contributed by atoms with Crippen LogP contribution in [0.1, 0.15) is 30.8 Å². The molecule has 1 aromatic heterocycles. The van der Waals surface area contributed by atoms with E-state index in [-0.39, 0.29) is 12.5 Å². The molecule has 33 heavy (non-hydrogen) atoms. The van der Waals surface area contributed by atoms with Gasteiger partial charge in [-0.2, -0.15) is 10.1 Å². The number of aliphatic hydroxyl groups excluding tert-OH is 1. The number of allylic oxidation sites excluding steroid dienone is 1. The zero-order valence-corrected chi connectivity index (χ0v) is 18.8. The van der Waals surface area contributed by atoms with Crippen LogP contribution in [0.15, 0.2) is 59.8 Å². The highest BCUT2D eigenvalue weighted by Gasteiger charge is 2.36. The van der Waals surface area contributed by atoms with Crippen molar-refractivity contribution in [3.8, 4) is 11.5 Å². The van der Waals surface area contributed by atoms with Crippen LogP contribution in [0.25, 0.3) is 0 Å². The summed E-state index contributed by atoms with van der Waals surface area (Å²) in [6.45, 7) is 1.89. The summed E-state index contributed by atoms with van der Waals surface area (Å²) in [7, 11) is 3.17. The van der Waals surface area contributed by atoms with Gasteiger partial charge >= 0.3 is 0 Å². The predicted octanol–water partition coefficient (Wildman–Crippen LogP) is 3.15. The van der Waals surface area contributed by atoms with E-state index in [9.17, 15) is 9.90 Å². The fourth-order valence-corrected chi connectivity index (χ4v) is 3.89. The second kappa shape index (κ2) is 9.74. The predicted molar refractivity (Wildman–Crippen MR) is 125 cm³/mol. The van der Waals surface area contributed by atoms with E-state index in [2.05, 4.69) is 20.7 Å². The van der Waals surface area contributed by atoms with Gasteiger partial charge in [0.05, 0.1) is 19.8 Å². The van der Waals surface area contributed by atoms with Gasteiger partial charge in [0, 0.05) is 30.0 Å². The summed E-state index contributed by atoms with van der Waals surface area (Å²) in [4.78, 5) is 18.1. The van der Waals surface area contributed by atoms with Gasteiger partial charge in [-0.25, -0.2) is 4.68 Å². The van der Waals surface area contributed by atoms with Crippen molar-refractivity contribution in [1.29, 1.82) is 0 Å². The number of ether oxygens (including phenoxy) is 2. The Morgan fingerprint density at radius 2 is 1.97 bits per heavy atom. The second-order valence-electron chi connectivity index (χ2n) is 7.62. The summed E-state index contributed by atoms with van der Waals surface area (Å²) >= 11 is 0. The number of carbonyl (C=O) groups excluding carboxylic acids is 1. The second-order valence-corrected chi connectivity index (χ2v) is 7.62. The number of carbonyl (C=O) groups is 1. The number of nitrogens with zero attached hydrogens (tertiary/aromatic N) is 3. The maximum atomic E-state index is 13.5. The average Bonchev–Trinajstić information content (AvgIpc) is 3.24. The van der Waals surface area contributed by atoms with Crippen LogP contribution in [-0.2, 0) is 11.2 Å². The van der Waals surface area contributed by atoms with Crippen molar-refractivity contribution in [1.82, 2.24) is 14.8 Å². The van der Waals surface area contributed by atoms with E-state index < -0.39 is 6.04 Å². The highest BCUT2D eigenvalue weighted by Crippen LogP contribution is 2.41. The van der Waals surface area contributed by atoms with E-state index in [0.29, 0.717) is 53.1 Å². The van der Waals surface area contributed by atoms with Gasteiger partial charge in [-0.15, -0.1) is 0 Å². The van der Waals surface area contributed by atoms with Crippen LogP contribution >= 0.6 is 0 Å². The molecule has 0 saturated carbocycles. The number of aliphatic hydroxyl groups is 1. The third-order valence-corrected chi connectivity index (χ3v) is 5.46. The Hall–Kier alpha value is -3.85. The van der Waals surface area contributed by atoms with Crippen LogP contribution in [0.2, 0.25) is 0 Å². The van der Waals surface area contributed by atoms with Gasteiger partial charge in [0.15, 0.2) is 5.82 Å². The molecule has 1 amide bonds. The van der Waals surface area contributed by atoms with E-state index in [1.807, 2.05) is 49.4 Å². The molecule has 1 atom stereocenters. The Bertz CT molecular complexity index is 1170. The lowest BCUT2D eigenvalue weighted by atomic mass is 9.94. The average molecular weight is 450 g/mol. The van der Waals surface area contributed by atoms with Crippen LogP contribution in [0.5, 0.6) is 11.5 Å². The van der Waals surface area contributed by atoms with Gasteiger partial charge in [0.2, 0.25) is 5.95 Å². The lowest BCUT2D eigenvalue weighted by Gasteiger charge is -2.29. The molecular weight excluding hydrogens is 422 g/mol. The van der Waals surface area contributed by atoms with Gasteiger partial charge in [-0.1, -0.05) is 18.2 Å². The molecule has 4 rings (SSSR count). The summed E-state index contributed by atoms with van der Waals surface area (Å²) in [6.07, 6.45) is 1.06. The van der Waals surface area contributed by atoms with E-state index in [4.69, 9.17) is 9.47 Å². The van der Waals surface area contributed by atoms with Crippen molar-refractivity contribution in [2.75, 3.05) is 31.5 Å². The number of aryl methyl sites for hydroxylation is 1. The Balaban J connectivity index is 1.84. The molecule has 0 aliphatic carbocycles. The quantitative estimate of drug-likeness (QED) is 0.484. The SMILES string of the molecule is COc1ccc(OC)c(C2C(C(=O)Nc3ccccc3)=C(C)Nc3nc(CCCO)nn32)c1. The van der Waals surface area contributed by atoms with E-state index >= 15 is 0 Å². The molecule has 0 spiro atoms. The molecule has 172 valence electrons. The number of para-hydroxylation sites is 1. The number of fused-ring (bicyclic) bond motifs is 1. The number of benzene rings is 2. The number of nitrogens with one attached hydrogen (secondary N) is 2. The topological polar surface area (TPSA) is 111 Å². The molecule has 1 aliphatic rings. The molecule has 9 heteroatoms. The monoisotopic (exact) mass is 449 g/mol. The molecule has 9 nitrogen and oxygen atoms in total. The zero-order valence-electron chi connectivity index (χ0n) is 18.8. The van der Waals surface area contributed by atoms with Crippen LogP contribution in [0.4, 0.5) is 11.6 Å². The molecule has 3 N–H and O–H groups in total. The first-order chi connectivity index (χ1) is 16.0. The minimum absolute atomic E-state index is 0.0481. The zero-order chi connectivity index (χ0) is 23.4. The van der Waals surface area contributed by atoms with Crippen LogP contribution in [-0.4, -0.2) is 46.6 Å². The van der Waals surface area contributed by atoms with Crippen LogP contribution in [0.3, 0.4) is 0 Å². The first kappa shape index (κ1) is 22.3. The first-order valence-corrected chi connectivity index (χ1v) is 10.7. The fourth-order valence-electron chi connectivity index (χ4n) is 3.89. The lowest BCUT2D eigenvalue weighted by molar-refractivity contribution is -0.113. The smallest absolute Gasteiger partial charge is 0.255 e. The van der Waals surface area contributed by atoms with Gasteiger partial charge in [-0.3, -0.25) is 4.79 Å². The normalized spacial score (nSPS) is 15.0. The number of amides is 1. The molecule has 2 aromatic carbocycles. The molecule has 0 fully saturated rings. The minimum atomic E-state index is -0.606. The molecule has 2 heterocycles. The maximum Gasteiger partial charge on any atom is 0.255 e. The van der Waals surface area contributed by atoms with Crippen molar-refractivity contribution in [2.45, 2.75) is 25.8 Å². The summed E-state index contributed by atoms with van der Waals surface area (Å²) in [5.74, 6) is 2.06. The van der Waals surface area contributed by atoms with Gasteiger partial charge in [-0.05, 0) is 43.7 Å². The largest absolute Gasteiger partial charge is 0.497 e. The lowest BCUT2D eigenvalue weighted by Crippen LogP contribution is -2.31. The molecule has 0 bridgehead atoms. The molecule has 3 aromatic rings. The summed E-state index contributed by atoms with van der Waals surface area (Å²) in [5.41, 5.74) is 2.55. The Morgan fingerprint density at radius 3 is 2.67 bits per heavy atom. The number of methoxy groups -OCH3 is 2. The van der Waals surface area contributed by atoms with Gasteiger partial charge in [0.25, 0.3) is 5.91 Å². The van der Waals surface area contributed by atoms with E-state index in [0.717, 1.165) is 5.56 Å². The summed E-state index contributed by atoms with van der Waals surface area (Å²) in [5, 5.41) is 20.1. The van der Waals surface area contributed by atoms with Gasteiger partial charge < -0.3 is 25.2 Å².